The Labute approximate surface area is 116 Å². The van der Waals surface area contributed by atoms with Crippen LogP contribution in [0, 0.1) is 11.7 Å². The maximum Gasteiger partial charge on any atom is 0.125 e. The Morgan fingerprint density at radius 1 is 1.37 bits per heavy atom. The van der Waals surface area contributed by atoms with Crippen molar-refractivity contribution >= 4 is 5.69 Å². The number of anilines is 1. The molecule has 0 aliphatic heterocycles. The van der Waals surface area contributed by atoms with E-state index >= 15 is 0 Å². The van der Waals surface area contributed by atoms with Crippen molar-refractivity contribution in [3.8, 4) is 0 Å². The number of nitrogens with one attached hydrogen (secondary N) is 1. The molecule has 1 unspecified atom stereocenters. The number of benzene rings is 1. The zero-order chi connectivity index (χ0) is 13.7. The number of hydrogen-bond acceptors (Lipinski definition) is 2. The van der Waals surface area contributed by atoms with Crippen molar-refractivity contribution in [3.63, 3.8) is 0 Å². The Balaban J connectivity index is 2.04. The first-order valence-electron chi connectivity index (χ1n) is 7.42. The molecule has 0 bridgehead atoms. The van der Waals surface area contributed by atoms with Crippen LogP contribution in [0.25, 0.3) is 0 Å². The average molecular weight is 264 g/mol. The van der Waals surface area contributed by atoms with Gasteiger partial charge in [-0.05, 0) is 50.9 Å². The molecule has 0 heterocycles. The SMILES string of the molecule is CCN(CC(NC)C1CCCC1)c1cccc(F)c1. The van der Waals surface area contributed by atoms with Crippen molar-refractivity contribution in [1.82, 2.24) is 5.32 Å². The largest absolute Gasteiger partial charge is 0.370 e. The molecule has 2 nitrogen and oxygen atoms in total. The Kier molecular flexibility index (Phi) is 5.20. The molecule has 0 saturated heterocycles. The lowest BCUT2D eigenvalue weighted by atomic mass is 9.97. The van der Waals surface area contributed by atoms with Crippen molar-refractivity contribution in [2.45, 2.75) is 38.6 Å². The fourth-order valence-corrected chi connectivity index (χ4v) is 3.16. The molecule has 1 aromatic rings. The van der Waals surface area contributed by atoms with E-state index in [1.54, 1.807) is 12.1 Å². The van der Waals surface area contributed by atoms with Gasteiger partial charge in [0.15, 0.2) is 0 Å². The molecule has 19 heavy (non-hydrogen) atoms. The van der Waals surface area contributed by atoms with Gasteiger partial charge in [0.25, 0.3) is 0 Å². The van der Waals surface area contributed by atoms with Gasteiger partial charge >= 0.3 is 0 Å². The van der Waals surface area contributed by atoms with Gasteiger partial charge in [-0.1, -0.05) is 18.9 Å². The van der Waals surface area contributed by atoms with Crippen LogP contribution in [0.3, 0.4) is 0 Å². The van der Waals surface area contributed by atoms with Crippen LogP contribution in [0.1, 0.15) is 32.6 Å². The van der Waals surface area contributed by atoms with Crippen LogP contribution in [0.5, 0.6) is 0 Å². The van der Waals surface area contributed by atoms with E-state index in [1.165, 1.54) is 31.7 Å². The Morgan fingerprint density at radius 3 is 2.68 bits per heavy atom. The summed E-state index contributed by atoms with van der Waals surface area (Å²) in [5.74, 6) is 0.616. The van der Waals surface area contributed by atoms with Crippen LogP contribution in [-0.2, 0) is 0 Å². The fraction of sp³-hybridized carbons (Fsp3) is 0.625. The summed E-state index contributed by atoms with van der Waals surface area (Å²) in [4.78, 5) is 2.27. The molecular weight excluding hydrogens is 239 g/mol. The number of rotatable bonds is 6. The summed E-state index contributed by atoms with van der Waals surface area (Å²) in [7, 11) is 2.04. The molecule has 3 heteroatoms. The highest BCUT2D eigenvalue weighted by atomic mass is 19.1. The topological polar surface area (TPSA) is 15.3 Å². The van der Waals surface area contributed by atoms with E-state index in [0.29, 0.717) is 6.04 Å². The van der Waals surface area contributed by atoms with Gasteiger partial charge < -0.3 is 10.2 Å². The minimum Gasteiger partial charge on any atom is -0.370 e. The highest BCUT2D eigenvalue weighted by Crippen LogP contribution is 2.28. The zero-order valence-electron chi connectivity index (χ0n) is 12.0. The van der Waals surface area contributed by atoms with Gasteiger partial charge in [-0.3, -0.25) is 0 Å². The second kappa shape index (κ2) is 6.90. The van der Waals surface area contributed by atoms with Gasteiger partial charge in [0.05, 0.1) is 0 Å². The van der Waals surface area contributed by atoms with Gasteiger partial charge in [0.1, 0.15) is 5.82 Å². The molecule has 1 aromatic carbocycles. The molecule has 1 fully saturated rings. The fourth-order valence-electron chi connectivity index (χ4n) is 3.16. The van der Waals surface area contributed by atoms with Gasteiger partial charge in [-0.15, -0.1) is 0 Å². The van der Waals surface area contributed by atoms with E-state index < -0.39 is 0 Å². The smallest absolute Gasteiger partial charge is 0.125 e. The van der Waals surface area contributed by atoms with Crippen molar-refractivity contribution in [2.75, 3.05) is 25.0 Å². The van der Waals surface area contributed by atoms with Crippen molar-refractivity contribution in [2.24, 2.45) is 5.92 Å². The average Bonchev–Trinajstić information content (AvgIpc) is 2.94. The summed E-state index contributed by atoms with van der Waals surface area (Å²) in [5.41, 5.74) is 0.987. The van der Waals surface area contributed by atoms with Gasteiger partial charge in [-0.25, -0.2) is 4.39 Å². The van der Waals surface area contributed by atoms with Crippen LogP contribution in [0.15, 0.2) is 24.3 Å². The second-order valence-electron chi connectivity index (χ2n) is 5.46. The Morgan fingerprint density at radius 2 is 2.11 bits per heavy atom. The number of nitrogens with zero attached hydrogens (tertiary/aromatic N) is 1. The molecule has 106 valence electrons. The molecule has 0 radical (unpaired) electrons. The van der Waals surface area contributed by atoms with Crippen LogP contribution in [0.2, 0.25) is 0 Å². The predicted octanol–water partition coefficient (Wildman–Crippen LogP) is 3.43. The molecule has 1 saturated carbocycles. The number of hydrogen-bond donors (Lipinski definition) is 1. The molecule has 0 aromatic heterocycles. The third-order valence-corrected chi connectivity index (χ3v) is 4.31. The predicted molar refractivity (Wildman–Crippen MR) is 79.1 cm³/mol. The molecule has 1 N–H and O–H groups in total. The maximum absolute atomic E-state index is 13.3. The van der Waals surface area contributed by atoms with E-state index in [-0.39, 0.29) is 5.82 Å². The first kappa shape index (κ1) is 14.3. The van der Waals surface area contributed by atoms with Crippen molar-refractivity contribution in [3.05, 3.63) is 30.1 Å². The molecule has 1 aliphatic rings. The minimum atomic E-state index is -0.155. The van der Waals surface area contributed by atoms with Crippen molar-refractivity contribution in [1.29, 1.82) is 0 Å². The van der Waals surface area contributed by atoms with E-state index in [1.807, 2.05) is 13.1 Å². The van der Waals surface area contributed by atoms with Crippen LogP contribution < -0.4 is 10.2 Å². The van der Waals surface area contributed by atoms with Crippen LogP contribution in [0.4, 0.5) is 10.1 Å². The highest BCUT2D eigenvalue weighted by Gasteiger charge is 2.25. The quantitative estimate of drug-likeness (QED) is 0.847. The first-order valence-corrected chi connectivity index (χ1v) is 7.42. The highest BCUT2D eigenvalue weighted by molar-refractivity contribution is 5.46. The van der Waals surface area contributed by atoms with Gasteiger partial charge in [0, 0.05) is 24.8 Å². The molecule has 1 atom stereocenters. The Bertz CT molecular complexity index is 388. The van der Waals surface area contributed by atoms with E-state index in [9.17, 15) is 4.39 Å². The summed E-state index contributed by atoms with van der Waals surface area (Å²) in [5, 5.41) is 3.46. The molecule has 0 spiro atoms. The molecule has 2 rings (SSSR count). The third-order valence-electron chi connectivity index (χ3n) is 4.31. The lowest BCUT2D eigenvalue weighted by Crippen LogP contribution is -2.43. The summed E-state index contributed by atoms with van der Waals surface area (Å²) in [6.07, 6.45) is 5.36. The first-order chi connectivity index (χ1) is 9.24. The zero-order valence-corrected chi connectivity index (χ0v) is 12.0. The standard InChI is InChI=1S/C16H25FN2/c1-3-19(15-10-6-9-14(17)11-15)12-16(18-2)13-7-4-5-8-13/h6,9-11,13,16,18H,3-5,7-8,12H2,1-2H3. The molecule has 1 aliphatic carbocycles. The lowest BCUT2D eigenvalue weighted by Gasteiger charge is -2.31. The van der Waals surface area contributed by atoms with Crippen LogP contribution >= 0.6 is 0 Å². The monoisotopic (exact) mass is 264 g/mol. The van der Waals surface area contributed by atoms with E-state index in [4.69, 9.17) is 0 Å². The van der Waals surface area contributed by atoms with Crippen LogP contribution in [-0.4, -0.2) is 26.2 Å². The van der Waals surface area contributed by atoms with E-state index in [0.717, 1.165) is 24.7 Å². The lowest BCUT2D eigenvalue weighted by molar-refractivity contribution is 0.379. The summed E-state index contributed by atoms with van der Waals surface area (Å²) >= 11 is 0. The van der Waals surface area contributed by atoms with Crippen molar-refractivity contribution < 1.29 is 4.39 Å². The van der Waals surface area contributed by atoms with Gasteiger partial charge in [-0.2, -0.15) is 0 Å². The van der Waals surface area contributed by atoms with E-state index in [2.05, 4.69) is 17.1 Å². The molecule has 0 amide bonds. The summed E-state index contributed by atoms with van der Waals surface area (Å²) < 4.78 is 13.3. The third kappa shape index (κ3) is 3.69. The maximum atomic E-state index is 13.3. The number of halogens is 1. The summed E-state index contributed by atoms with van der Waals surface area (Å²) in [6.45, 7) is 4.00. The van der Waals surface area contributed by atoms with Gasteiger partial charge in [0.2, 0.25) is 0 Å². The number of likely N-dealkylation sites (N-methyl/N-ethyl adjacent to an activating group) is 2. The minimum absolute atomic E-state index is 0.155. The normalized spacial score (nSPS) is 17.6. The second-order valence-corrected chi connectivity index (χ2v) is 5.46. The Hall–Kier alpha value is -1.09. The molecular formula is C16H25FN2. The summed E-state index contributed by atoms with van der Waals surface area (Å²) in [6, 6.07) is 7.42.